The minimum absolute atomic E-state index is 0.111. The van der Waals surface area contributed by atoms with Crippen molar-refractivity contribution in [3.05, 3.63) is 65.5 Å². The summed E-state index contributed by atoms with van der Waals surface area (Å²) in [6.45, 7) is 1.49. The Hall–Kier alpha value is -3.35. The minimum atomic E-state index is -0.278. The molecule has 1 aliphatic carbocycles. The fourth-order valence-corrected chi connectivity index (χ4v) is 3.68. The molecule has 0 spiro atoms. The van der Waals surface area contributed by atoms with Gasteiger partial charge in [-0.25, -0.2) is 0 Å². The molecule has 0 fully saturated rings. The highest BCUT2D eigenvalue weighted by Gasteiger charge is 2.34. The van der Waals surface area contributed by atoms with E-state index >= 15 is 0 Å². The van der Waals surface area contributed by atoms with E-state index in [-0.39, 0.29) is 23.9 Å². The standard InChI is InChI=1S/C20H21N5O2/c1-12(26)21-16-10-13-6-3-4-7-14(13)19(16)22-20(27)17-11-15(23-24-17)18-8-5-9-25(18)2/h3-9,11,16,19H,10H2,1-2H3,(H,21,26)(H,22,27)(H,23,24). The van der Waals surface area contributed by atoms with Crippen LogP contribution in [0.2, 0.25) is 0 Å². The van der Waals surface area contributed by atoms with E-state index in [0.717, 1.165) is 16.8 Å². The van der Waals surface area contributed by atoms with Crippen LogP contribution >= 0.6 is 0 Å². The highest BCUT2D eigenvalue weighted by Crippen LogP contribution is 2.31. The van der Waals surface area contributed by atoms with E-state index < -0.39 is 0 Å². The molecule has 2 amide bonds. The van der Waals surface area contributed by atoms with Crippen LogP contribution in [0.5, 0.6) is 0 Å². The van der Waals surface area contributed by atoms with Crippen LogP contribution in [0.3, 0.4) is 0 Å². The third-order valence-corrected chi connectivity index (χ3v) is 4.94. The van der Waals surface area contributed by atoms with E-state index in [1.54, 1.807) is 6.07 Å². The first-order chi connectivity index (χ1) is 13.0. The normalized spacial score (nSPS) is 18.1. The fourth-order valence-electron chi connectivity index (χ4n) is 3.68. The molecule has 1 aromatic carbocycles. The second kappa shape index (κ2) is 6.75. The van der Waals surface area contributed by atoms with Crippen molar-refractivity contribution in [1.29, 1.82) is 0 Å². The number of hydrogen-bond donors (Lipinski definition) is 3. The van der Waals surface area contributed by atoms with Gasteiger partial charge in [0.1, 0.15) is 11.4 Å². The molecule has 2 unspecified atom stereocenters. The second-order valence-corrected chi connectivity index (χ2v) is 6.83. The Morgan fingerprint density at radius 3 is 2.74 bits per heavy atom. The van der Waals surface area contributed by atoms with Crippen LogP contribution < -0.4 is 10.6 Å². The lowest BCUT2D eigenvalue weighted by molar-refractivity contribution is -0.119. The van der Waals surface area contributed by atoms with E-state index in [4.69, 9.17) is 0 Å². The topological polar surface area (TPSA) is 91.8 Å². The maximum atomic E-state index is 12.8. The SMILES string of the molecule is CC(=O)NC1Cc2ccccc2C1NC(=O)c1cc(-c2cccn2C)n[nH]1. The molecule has 2 heterocycles. The van der Waals surface area contributed by atoms with Gasteiger partial charge in [0.15, 0.2) is 0 Å². The zero-order valence-electron chi connectivity index (χ0n) is 15.2. The largest absolute Gasteiger partial charge is 0.351 e. The van der Waals surface area contributed by atoms with Gasteiger partial charge in [-0.05, 0) is 35.7 Å². The van der Waals surface area contributed by atoms with E-state index in [2.05, 4.69) is 20.8 Å². The van der Waals surface area contributed by atoms with Crippen molar-refractivity contribution in [2.24, 2.45) is 7.05 Å². The molecule has 27 heavy (non-hydrogen) atoms. The number of nitrogens with one attached hydrogen (secondary N) is 3. The number of aromatic nitrogens is 3. The molecule has 0 saturated carbocycles. The summed E-state index contributed by atoms with van der Waals surface area (Å²) in [6, 6.07) is 13.1. The summed E-state index contributed by atoms with van der Waals surface area (Å²) in [5, 5.41) is 13.1. The number of benzene rings is 1. The van der Waals surface area contributed by atoms with E-state index in [0.29, 0.717) is 17.8 Å². The summed E-state index contributed by atoms with van der Waals surface area (Å²) in [4.78, 5) is 24.4. The van der Waals surface area contributed by atoms with E-state index in [1.165, 1.54) is 6.92 Å². The predicted molar refractivity (Wildman–Crippen MR) is 101 cm³/mol. The molecule has 3 N–H and O–H groups in total. The first-order valence-corrected chi connectivity index (χ1v) is 8.86. The maximum absolute atomic E-state index is 12.8. The summed E-state index contributed by atoms with van der Waals surface area (Å²) < 4.78 is 1.94. The Kier molecular flexibility index (Phi) is 4.27. The number of carbonyl (C=O) groups is 2. The lowest BCUT2D eigenvalue weighted by Crippen LogP contribution is -2.43. The van der Waals surface area contributed by atoms with E-state index in [9.17, 15) is 9.59 Å². The van der Waals surface area contributed by atoms with Gasteiger partial charge in [-0.2, -0.15) is 5.10 Å². The number of H-pyrrole nitrogens is 1. The van der Waals surface area contributed by atoms with Gasteiger partial charge in [0, 0.05) is 20.2 Å². The summed E-state index contributed by atoms with van der Waals surface area (Å²) in [5.74, 6) is -0.361. The van der Waals surface area contributed by atoms with Gasteiger partial charge in [-0.3, -0.25) is 14.7 Å². The van der Waals surface area contributed by atoms with Crippen LogP contribution in [0.4, 0.5) is 0 Å². The van der Waals surface area contributed by atoms with Crippen LogP contribution in [0.15, 0.2) is 48.7 Å². The average Bonchev–Trinajstić information content (AvgIpc) is 3.34. The van der Waals surface area contributed by atoms with Gasteiger partial charge < -0.3 is 15.2 Å². The third-order valence-electron chi connectivity index (χ3n) is 4.94. The van der Waals surface area contributed by atoms with Crippen molar-refractivity contribution in [2.45, 2.75) is 25.4 Å². The number of nitrogens with zero attached hydrogens (tertiary/aromatic N) is 2. The third kappa shape index (κ3) is 3.23. The van der Waals surface area contributed by atoms with Crippen LogP contribution in [-0.2, 0) is 18.3 Å². The lowest BCUT2D eigenvalue weighted by Gasteiger charge is -2.22. The predicted octanol–water partition coefficient (Wildman–Crippen LogP) is 1.95. The van der Waals surface area contributed by atoms with Crippen molar-refractivity contribution in [3.8, 4) is 11.4 Å². The molecular formula is C20H21N5O2. The number of aryl methyl sites for hydroxylation is 1. The molecule has 7 nitrogen and oxygen atoms in total. The van der Waals surface area contributed by atoms with Crippen LogP contribution in [-0.4, -0.2) is 32.6 Å². The van der Waals surface area contributed by atoms with Gasteiger partial charge in [-0.15, -0.1) is 0 Å². The number of rotatable bonds is 4. The molecule has 0 saturated heterocycles. The summed E-state index contributed by atoms with van der Waals surface area (Å²) in [5.41, 5.74) is 4.19. The first-order valence-electron chi connectivity index (χ1n) is 8.86. The monoisotopic (exact) mass is 363 g/mol. The maximum Gasteiger partial charge on any atom is 0.269 e. The molecule has 1 aliphatic rings. The second-order valence-electron chi connectivity index (χ2n) is 6.83. The van der Waals surface area contributed by atoms with Gasteiger partial charge in [0.2, 0.25) is 5.91 Å². The number of fused-ring (bicyclic) bond motifs is 1. The minimum Gasteiger partial charge on any atom is -0.351 e. The zero-order valence-corrected chi connectivity index (χ0v) is 15.2. The highest BCUT2D eigenvalue weighted by atomic mass is 16.2. The Bertz CT molecular complexity index is 1000. The van der Waals surface area contributed by atoms with Crippen LogP contribution in [0.25, 0.3) is 11.4 Å². The molecule has 4 rings (SSSR count). The Balaban J connectivity index is 1.57. The van der Waals surface area contributed by atoms with Gasteiger partial charge >= 0.3 is 0 Å². The number of carbonyl (C=O) groups excluding carboxylic acids is 2. The smallest absolute Gasteiger partial charge is 0.269 e. The van der Waals surface area contributed by atoms with Gasteiger partial charge in [-0.1, -0.05) is 24.3 Å². The lowest BCUT2D eigenvalue weighted by atomic mass is 10.1. The average molecular weight is 363 g/mol. The van der Waals surface area contributed by atoms with Crippen LogP contribution in [0.1, 0.15) is 34.6 Å². The van der Waals surface area contributed by atoms with Crippen molar-refractivity contribution in [1.82, 2.24) is 25.4 Å². The molecule has 2 atom stereocenters. The van der Waals surface area contributed by atoms with Crippen molar-refractivity contribution in [3.63, 3.8) is 0 Å². The molecule has 2 aromatic heterocycles. The Morgan fingerprint density at radius 2 is 2.00 bits per heavy atom. The summed E-state index contributed by atoms with van der Waals surface area (Å²) in [6.07, 6.45) is 2.62. The molecule has 7 heteroatoms. The summed E-state index contributed by atoms with van der Waals surface area (Å²) >= 11 is 0. The molecule has 0 radical (unpaired) electrons. The molecule has 0 bridgehead atoms. The fraction of sp³-hybridized carbons (Fsp3) is 0.250. The molecule has 138 valence electrons. The van der Waals surface area contributed by atoms with Gasteiger partial charge in [0.05, 0.1) is 17.8 Å². The van der Waals surface area contributed by atoms with Crippen LogP contribution in [0, 0.1) is 0 Å². The van der Waals surface area contributed by atoms with Crippen molar-refractivity contribution in [2.75, 3.05) is 0 Å². The summed E-state index contributed by atoms with van der Waals surface area (Å²) in [7, 11) is 1.93. The first kappa shape index (κ1) is 17.1. The van der Waals surface area contributed by atoms with Crippen molar-refractivity contribution < 1.29 is 9.59 Å². The molecular weight excluding hydrogens is 342 g/mol. The highest BCUT2D eigenvalue weighted by molar-refractivity contribution is 5.93. The number of aromatic amines is 1. The van der Waals surface area contributed by atoms with E-state index in [1.807, 2.05) is 54.2 Å². The van der Waals surface area contributed by atoms with Crippen molar-refractivity contribution >= 4 is 11.8 Å². The Labute approximate surface area is 156 Å². The number of amides is 2. The molecule has 3 aromatic rings. The quantitative estimate of drug-likeness (QED) is 0.662. The zero-order chi connectivity index (χ0) is 19.0. The van der Waals surface area contributed by atoms with Gasteiger partial charge in [0.25, 0.3) is 5.91 Å². The number of hydrogen-bond acceptors (Lipinski definition) is 3. The Morgan fingerprint density at radius 1 is 1.19 bits per heavy atom. The molecule has 0 aliphatic heterocycles.